The largest absolute Gasteiger partial charge is 0.506 e. The molecule has 0 aromatic heterocycles. The van der Waals surface area contributed by atoms with E-state index in [4.69, 9.17) is 11.5 Å². The quantitative estimate of drug-likeness (QED) is 0.387. The number of anilines is 2. The van der Waals surface area contributed by atoms with Crippen LogP contribution in [-0.2, 0) is 5.41 Å². The van der Waals surface area contributed by atoms with Crippen molar-refractivity contribution in [2.24, 2.45) is 0 Å². The number of hydrogen-bond donors (Lipinski definition) is 4. The third-order valence-electron chi connectivity index (χ3n) is 6.27. The normalized spacial score (nSPS) is 16.7. The maximum Gasteiger partial charge on any atom is 0.138 e. The zero-order chi connectivity index (χ0) is 19.7. The minimum Gasteiger partial charge on any atom is -0.506 e. The summed E-state index contributed by atoms with van der Waals surface area (Å²) in [6.07, 6.45) is 3.99. The maximum absolute atomic E-state index is 9.89. The van der Waals surface area contributed by atoms with Crippen molar-refractivity contribution in [1.29, 1.82) is 0 Å². The van der Waals surface area contributed by atoms with E-state index >= 15 is 0 Å². The summed E-state index contributed by atoms with van der Waals surface area (Å²) in [5, 5.41) is 19.8. The zero-order valence-electron chi connectivity index (χ0n) is 15.8. The molecule has 1 saturated carbocycles. The first-order chi connectivity index (χ1) is 13.5. The second-order valence-corrected chi connectivity index (χ2v) is 7.81. The maximum atomic E-state index is 9.89. The predicted octanol–water partition coefficient (Wildman–Crippen LogP) is 4.91. The molecule has 3 aromatic rings. The summed E-state index contributed by atoms with van der Waals surface area (Å²) >= 11 is 0. The van der Waals surface area contributed by atoms with Gasteiger partial charge in [0.05, 0.1) is 11.4 Å². The summed E-state index contributed by atoms with van der Waals surface area (Å²) in [5.41, 5.74) is 16.1. The molecule has 4 heteroatoms. The van der Waals surface area contributed by atoms with Gasteiger partial charge in [0.25, 0.3) is 0 Å². The molecular formula is C24H26N2O2. The van der Waals surface area contributed by atoms with Crippen LogP contribution in [0, 0.1) is 0 Å². The Morgan fingerprint density at radius 2 is 1.21 bits per heavy atom. The molecule has 0 aliphatic heterocycles. The van der Waals surface area contributed by atoms with Crippen LogP contribution < -0.4 is 11.5 Å². The van der Waals surface area contributed by atoms with Gasteiger partial charge in [-0.05, 0) is 72.6 Å². The van der Waals surface area contributed by atoms with Crippen molar-refractivity contribution in [2.45, 2.75) is 37.0 Å². The van der Waals surface area contributed by atoms with E-state index in [1.165, 1.54) is 5.56 Å². The van der Waals surface area contributed by atoms with Crippen LogP contribution in [0.5, 0.6) is 11.5 Å². The monoisotopic (exact) mass is 374 g/mol. The van der Waals surface area contributed by atoms with Gasteiger partial charge >= 0.3 is 0 Å². The predicted molar refractivity (Wildman–Crippen MR) is 113 cm³/mol. The molecule has 1 fully saturated rings. The number of nitrogen functional groups attached to an aromatic ring is 2. The van der Waals surface area contributed by atoms with Gasteiger partial charge in [-0.3, -0.25) is 0 Å². The summed E-state index contributed by atoms with van der Waals surface area (Å²) in [6.45, 7) is 0. The van der Waals surface area contributed by atoms with Gasteiger partial charge in [-0.1, -0.05) is 42.5 Å². The van der Waals surface area contributed by atoms with E-state index in [1.54, 1.807) is 12.1 Å². The molecule has 1 aliphatic carbocycles. The minimum atomic E-state index is -0.241. The highest BCUT2D eigenvalue weighted by Crippen LogP contribution is 2.50. The van der Waals surface area contributed by atoms with Gasteiger partial charge in [0.1, 0.15) is 11.5 Å². The van der Waals surface area contributed by atoms with Crippen molar-refractivity contribution in [2.75, 3.05) is 11.5 Å². The van der Waals surface area contributed by atoms with E-state index in [0.717, 1.165) is 36.8 Å². The van der Waals surface area contributed by atoms with Crippen molar-refractivity contribution < 1.29 is 10.2 Å². The highest BCUT2D eigenvalue weighted by molar-refractivity contribution is 5.60. The highest BCUT2D eigenvalue weighted by Gasteiger charge is 2.39. The van der Waals surface area contributed by atoms with Crippen LogP contribution in [0.1, 0.15) is 48.3 Å². The van der Waals surface area contributed by atoms with Gasteiger partial charge in [-0.15, -0.1) is 0 Å². The Bertz CT molecular complexity index is 924. The van der Waals surface area contributed by atoms with Crippen molar-refractivity contribution in [1.82, 2.24) is 0 Å². The van der Waals surface area contributed by atoms with Crippen LogP contribution in [0.2, 0.25) is 0 Å². The Hall–Kier alpha value is -3.14. The van der Waals surface area contributed by atoms with Crippen LogP contribution >= 0.6 is 0 Å². The molecule has 144 valence electrons. The minimum absolute atomic E-state index is 0.0992. The summed E-state index contributed by atoms with van der Waals surface area (Å²) < 4.78 is 0. The number of benzene rings is 3. The lowest BCUT2D eigenvalue weighted by atomic mass is 9.62. The lowest BCUT2D eigenvalue weighted by Crippen LogP contribution is -2.33. The molecule has 3 aromatic carbocycles. The highest BCUT2D eigenvalue weighted by atomic mass is 16.3. The Kier molecular flexibility index (Phi) is 4.63. The number of phenols is 2. The van der Waals surface area contributed by atoms with E-state index in [1.807, 2.05) is 24.3 Å². The first-order valence-corrected chi connectivity index (χ1v) is 9.72. The SMILES string of the molecule is Nc1cc(C2(c3ccc(O)c(N)c3)CCC(c3ccccc3)CC2)ccc1O. The topological polar surface area (TPSA) is 92.5 Å². The fourth-order valence-corrected chi connectivity index (χ4v) is 4.62. The van der Waals surface area contributed by atoms with Crippen LogP contribution in [0.15, 0.2) is 66.7 Å². The molecule has 0 atom stereocenters. The molecule has 4 rings (SSSR count). The van der Waals surface area contributed by atoms with Gasteiger partial charge in [0.2, 0.25) is 0 Å². The Labute approximate surface area is 165 Å². The zero-order valence-corrected chi connectivity index (χ0v) is 15.8. The number of rotatable bonds is 3. The Balaban J connectivity index is 1.75. The molecule has 0 heterocycles. The molecule has 0 spiro atoms. The molecule has 0 unspecified atom stereocenters. The molecule has 6 N–H and O–H groups in total. The Morgan fingerprint density at radius 1 is 0.714 bits per heavy atom. The van der Waals surface area contributed by atoms with Crippen molar-refractivity contribution in [3.8, 4) is 11.5 Å². The van der Waals surface area contributed by atoms with Crippen LogP contribution in [0.4, 0.5) is 11.4 Å². The van der Waals surface area contributed by atoms with Crippen LogP contribution in [-0.4, -0.2) is 10.2 Å². The lowest BCUT2D eigenvalue weighted by molar-refractivity contribution is 0.314. The lowest BCUT2D eigenvalue weighted by Gasteiger charge is -2.42. The molecular weight excluding hydrogens is 348 g/mol. The second-order valence-electron chi connectivity index (χ2n) is 7.81. The van der Waals surface area contributed by atoms with Gasteiger partial charge in [-0.25, -0.2) is 0 Å². The molecule has 4 nitrogen and oxygen atoms in total. The summed E-state index contributed by atoms with van der Waals surface area (Å²) in [7, 11) is 0. The van der Waals surface area contributed by atoms with Crippen molar-refractivity contribution in [3.63, 3.8) is 0 Å². The first-order valence-electron chi connectivity index (χ1n) is 9.72. The third kappa shape index (κ3) is 3.15. The van der Waals surface area contributed by atoms with E-state index in [9.17, 15) is 10.2 Å². The van der Waals surface area contributed by atoms with Crippen LogP contribution in [0.25, 0.3) is 0 Å². The fraction of sp³-hybridized carbons (Fsp3) is 0.250. The molecule has 0 amide bonds. The van der Waals surface area contributed by atoms with Gasteiger partial charge < -0.3 is 21.7 Å². The molecule has 0 bridgehead atoms. The fourth-order valence-electron chi connectivity index (χ4n) is 4.62. The molecule has 0 saturated heterocycles. The number of phenolic OH excluding ortho intramolecular Hbond substituents is 2. The molecule has 28 heavy (non-hydrogen) atoms. The van der Waals surface area contributed by atoms with Gasteiger partial charge in [-0.2, -0.15) is 0 Å². The first kappa shape index (κ1) is 18.2. The summed E-state index contributed by atoms with van der Waals surface area (Å²) in [4.78, 5) is 0. The van der Waals surface area contributed by atoms with E-state index in [-0.39, 0.29) is 16.9 Å². The van der Waals surface area contributed by atoms with Gasteiger partial charge in [0, 0.05) is 5.41 Å². The third-order valence-corrected chi connectivity index (χ3v) is 6.27. The average Bonchev–Trinajstić information content (AvgIpc) is 2.73. The van der Waals surface area contributed by atoms with E-state index in [2.05, 4.69) is 30.3 Å². The van der Waals surface area contributed by atoms with Crippen LogP contribution in [0.3, 0.4) is 0 Å². The number of hydrogen-bond acceptors (Lipinski definition) is 4. The number of nitrogens with two attached hydrogens (primary N) is 2. The molecule has 1 aliphatic rings. The summed E-state index contributed by atoms with van der Waals surface area (Å²) in [5.74, 6) is 0.724. The average molecular weight is 374 g/mol. The standard InChI is InChI=1S/C24H26N2O2/c25-20-14-18(6-8-22(20)27)24(19-7-9-23(28)21(26)15-19)12-10-17(11-13-24)16-4-2-1-3-5-16/h1-9,14-15,17,27-28H,10-13,25-26H2. The van der Waals surface area contributed by atoms with Crippen molar-refractivity contribution >= 4 is 11.4 Å². The van der Waals surface area contributed by atoms with Gasteiger partial charge in [0.15, 0.2) is 0 Å². The Morgan fingerprint density at radius 3 is 1.68 bits per heavy atom. The smallest absolute Gasteiger partial charge is 0.138 e. The van der Waals surface area contributed by atoms with E-state index < -0.39 is 0 Å². The van der Waals surface area contributed by atoms with Crippen molar-refractivity contribution in [3.05, 3.63) is 83.4 Å². The summed E-state index contributed by atoms with van der Waals surface area (Å²) in [6, 6.07) is 21.6. The van der Waals surface area contributed by atoms with E-state index in [0.29, 0.717) is 17.3 Å². The molecule has 0 radical (unpaired) electrons. The number of aromatic hydroxyl groups is 2. The second kappa shape index (κ2) is 7.12.